The van der Waals surface area contributed by atoms with Crippen molar-refractivity contribution in [2.24, 2.45) is 0 Å². The van der Waals surface area contributed by atoms with Gasteiger partial charge in [-0.3, -0.25) is 9.80 Å². The minimum absolute atomic E-state index is 0.0905. The maximum absolute atomic E-state index is 6.56. The maximum Gasteiger partial charge on any atom is 0.152 e. The van der Waals surface area contributed by atoms with Crippen LogP contribution in [0.2, 0.25) is 0 Å². The van der Waals surface area contributed by atoms with Crippen molar-refractivity contribution in [1.29, 1.82) is 0 Å². The molecule has 0 aromatic heterocycles. The summed E-state index contributed by atoms with van der Waals surface area (Å²) in [6.45, 7) is 14.9. The normalized spacial score (nSPS) is 19.4. The van der Waals surface area contributed by atoms with E-state index >= 15 is 0 Å². The van der Waals surface area contributed by atoms with E-state index in [4.69, 9.17) is 14.2 Å². The van der Waals surface area contributed by atoms with Gasteiger partial charge in [0.2, 0.25) is 0 Å². The van der Waals surface area contributed by atoms with E-state index in [2.05, 4.69) is 61.8 Å². The first-order valence-electron chi connectivity index (χ1n) is 15.7. The zero-order valence-corrected chi connectivity index (χ0v) is 24.7. The Hall–Kier alpha value is -1.30. The molecule has 5 nitrogen and oxygen atoms in total. The Labute approximate surface area is 229 Å². The van der Waals surface area contributed by atoms with Crippen LogP contribution in [0, 0.1) is 0 Å². The molecule has 2 aliphatic heterocycles. The van der Waals surface area contributed by atoms with Crippen LogP contribution in [0.15, 0.2) is 24.3 Å². The smallest absolute Gasteiger partial charge is 0.152 e. The van der Waals surface area contributed by atoms with Crippen LogP contribution in [0.4, 0.5) is 0 Å². The minimum atomic E-state index is 0.0905. The molecule has 0 N–H and O–H groups in total. The topological polar surface area (TPSA) is 34.2 Å². The van der Waals surface area contributed by atoms with Crippen molar-refractivity contribution in [1.82, 2.24) is 9.80 Å². The van der Waals surface area contributed by atoms with Crippen molar-refractivity contribution in [2.45, 2.75) is 130 Å². The minimum Gasteiger partial charge on any atom is -0.475 e. The molecule has 37 heavy (non-hydrogen) atoms. The van der Waals surface area contributed by atoms with Crippen molar-refractivity contribution in [3.05, 3.63) is 24.3 Å². The first-order valence-corrected chi connectivity index (χ1v) is 15.7. The Bertz CT molecular complexity index is 599. The molecule has 2 bridgehead atoms. The third-order valence-electron chi connectivity index (χ3n) is 7.57. The van der Waals surface area contributed by atoms with Gasteiger partial charge in [-0.15, -0.1) is 0 Å². The zero-order chi connectivity index (χ0) is 26.6. The first kappa shape index (κ1) is 31.9. The van der Waals surface area contributed by atoms with Gasteiger partial charge in [0.15, 0.2) is 12.5 Å². The molecule has 2 unspecified atom stereocenters. The highest BCUT2D eigenvalue weighted by atomic mass is 16.5. The van der Waals surface area contributed by atoms with Crippen LogP contribution in [-0.2, 0) is 4.74 Å². The number of benzene rings is 1. The van der Waals surface area contributed by atoms with Gasteiger partial charge in [-0.2, -0.15) is 0 Å². The quantitative estimate of drug-likeness (QED) is 0.206. The highest BCUT2D eigenvalue weighted by Gasteiger charge is 2.21. The number of hydrogen-bond acceptors (Lipinski definition) is 5. The van der Waals surface area contributed by atoms with E-state index in [0.29, 0.717) is 0 Å². The van der Waals surface area contributed by atoms with Crippen molar-refractivity contribution in [2.75, 3.05) is 39.4 Å². The summed E-state index contributed by atoms with van der Waals surface area (Å²) < 4.78 is 19.2. The summed E-state index contributed by atoms with van der Waals surface area (Å²) in [7, 11) is 0. The molecule has 0 aliphatic carbocycles. The molecule has 2 heterocycles. The van der Waals surface area contributed by atoms with Crippen LogP contribution >= 0.6 is 0 Å². The third-order valence-corrected chi connectivity index (χ3v) is 7.57. The van der Waals surface area contributed by atoms with E-state index in [-0.39, 0.29) is 12.5 Å². The van der Waals surface area contributed by atoms with Gasteiger partial charge in [0, 0.05) is 39.1 Å². The van der Waals surface area contributed by atoms with Gasteiger partial charge in [-0.1, -0.05) is 79.1 Å². The molecule has 0 fully saturated rings. The van der Waals surface area contributed by atoms with E-state index in [0.717, 1.165) is 76.6 Å². The van der Waals surface area contributed by atoms with E-state index in [1.165, 1.54) is 64.2 Å². The number of rotatable bonds is 16. The molecular formula is C32H58N2O3. The van der Waals surface area contributed by atoms with Crippen LogP contribution in [0.3, 0.4) is 0 Å². The number of unbranched alkanes of at least 4 members (excludes halogenated alkanes) is 8. The monoisotopic (exact) mass is 518 g/mol. The highest BCUT2D eigenvalue weighted by molar-refractivity contribution is 5.31. The molecular weight excluding hydrogens is 460 g/mol. The van der Waals surface area contributed by atoms with Gasteiger partial charge in [-0.05, 0) is 63.0 Å². The fourth-order valence-corrected chi connectivity index (χ4v) is 5.21. The summed E-state index contributed by atoms with van der Waals surface area (Å²) in [4.78, 5) is 5.01. The van der Waals surface area contributed by atoms with Crippen molar-refractivity contribution in [3.8, 4) is 11.5 Å². The molecule has 0 saturated heterocycles. The summed E-state index contributed by atoms with van der Waals surface area (Å²) in [6.07, 6.45) is 17.2. The maximum atomic E-state index is 6.56. The summed E-state index contributed by atoms with van der Waals surface area (Å²) in [5.74, 6) is 1.86. The first-order chi connectivity index (χ1) is 18.2. The van der Waals surface area contributed by atoms with Gasteiger partial charge in [0.05, 0.1) is 0 Å². The molecule has 1 aromatic rings. The summed E-state index contributed by atoms with van der Waals surface area (Å²) >= 11 is 0. The fraction of sp³-hybridized carbons (Fsp3) is 0.812. The van der Waals surface area contributed by atoms with Gasteiger partial charge in [0.25, 0.3) is 0 Å². The van der Waals surface area contributed by atoms with E-state index in [1.807, 2.05) is 0 Å². The number of hydrogen-bond donors (Lipinski definition) is 0. The fourth-order valence-electron chi connectivity index (χ4n) is 5.21. The van der Waals surface area contributed by atoms with E-state index in [1.54, 1.807) is 0 Å². The molecule has 2 atom stereocenters. The lowest BCUT2D eigenvalue weighted by Gasteiger charge is -2.32. The van der Waals surface area contributed by atoms with Gasteiger partial charge >= 0.3 is 0 Å². The predicted octanol–water partition coefficient (Wildman–Crippen LogP) is 8.27. The highest BCUT2D eigenvalue weighted by Crippen LogP contribution is 2.24. The number of fused-ring (bicyclic) bond motifs is 12. The molecule has 5 heteroatoms. The van der Waals surface area contributed by atoms with Crippen LogP contribution in [-0.4, -0.2) is 61.6 Å². The van der Waals surface area contributed by atoms with Crippen LogP contribution in [0.5, 0.6) is 11.5 Å². The Morgan fingerprint density at radius 2 is 1.00 bits per heavy atom. The molecule has 3 rings (SSSR count). The summed E-state index contributed by atoms with van der Waals surface area (Å²) in [5, 5.41) is 0. The molecule has 0 saturated carbocycles. The van der Waals surface area contributed by atoms with Gasteiger partial charge in [-0.25, -0.2) is 0 Å². The Morgan fingerprint density at radius 3 is 1.38 bits per heavy atom. The molecule has 0 spiro atoms. The number of nitrogens with zero attached hydrogens (tertiary/aromatic N) is 2. The second-order valence-corrected chi connectivity index (χ2v) is 10.6. The standard InChI is InChI=1S/C32H58N2O3/c1-5-9-11-13-15-25-33(7-3)31-19-17-27-35-28-18-20-32(34(8-4)26-16-14-12-10-6-2)37-30-23-21-29(36-31)22-24-30/h21-24,31-32H,5-20,25-28H2,1-4H3. The second kappa shape index (κ2) is 20.6. The molecule has 0 amide bonds. The van der Waals surface area contributed by atoms with E-state index < -0.39 is 0 Å². The van der Waals surface area contributed by atoms with E-state index in [9.17, 15) is 0 Å². The molecule has 214 valence electrons. The Morgan fingerprint density at radius 1 is 0.595 bits per heavy atom. The van der Waals surface area contributed by atoms with Gasteiger partial charge in [0.1, 0.15) is 11.5 Å². The lowest BCUT2D eigenvalue weighted by molar-refractivity contribution is 0.00715. The molecule has 1 aromatic carbocycles. The zero-order valence-electron chi connectivity index (χ0n) is 24.7. The van der Waals surface area contributed by atoms with Crippen LogP contribution < -0.4 is 9.47 Å². The lowest BCUT2D eigenvalue weighted by Crippen LogP contribution is -2.40. The van der Waals surface area contributed by atoms with Crippen LogP contribution in [0.1, 0.15) is 118 Å². The average Bonchev–Trinajstić information content (AvgIpc) is 2.93. The molecule has 0 radical (unpaired) electrons. The molecule has 2 aliphatic rings. The average molecular weight is 519 g/mol. The van der Waals surface area contributed by atoms with Crippen molar-refractivity contribution in [3.63, 3.8) is 0 Å². The van der Waals surface area contributed by atoms with Crippen molar-refractivity contribution >= 4 is 0 Å². The van der Waals surface area contributed by atoms with Crippen molar-refractivity contribution < 1.29 is 14.2 Å². The SMILES string of the molecule is CCCCCCCN(CC)C1CCCOCCCC(N(CC)CCCCCCC)Oc2ccc(cc2)O1. The van der Waals surface area contributed by atoms with Gasteiger partial charge < -0.3 is 14.2 Å². The second-order valence-electron chi connectivity index (χ2n) is 10.6. The van der Waals surface area contributed by atoms with Crippen LogP contribution in [0.25, 0.3) is 0 Å². The number of ether oxygens (including phenoxy) is 3. The predicted molar refractivity (Wildman–Crippen MR) is 157 cm³/mol. The summed E-state index contributed by atoms with van der Waals surface area (Å²) in [6, 6.07) is 8.36. The Kier molecular flexibility index (Phi) is 17.8. The third kappa shape index (κ3) is 13.4. The Balaban J connectivity index is 2.02. The lowest BCUT2D eigenvalue weighted by atomic mass is 10.1. The largest absolute Gasteiger partial charge is 0.475 e. The summed E-state index contributed by atoms with van der Waals surface area (Å²) in [5.41, 5.74) is 0.